The monoisotopic (exact) mass is 430 g/mol. The average molecular weight is 431 g/mol. The van der Waals surface area contributed by atoms with Crippen LogP contribution in [-0.4, -0.2) is 38.5 Å². The minimum atomic E-state index is -0.851. The fourth-order valence-corrected chi connectivity index (χ4v) is 3.37. The van der Waals surface area contributed by atoms with Crippen molar-refractivity contribution in [2.24, 2.45) is 7.05 Å². The van der Waals surface area contributed by atoms with Crippen LogP contribution in [0.2, 0.25) is 0 Å². The number of carbonyl (C=O) groups is 2. The molecule has 158 valence electrons. The molecule has 0 spiro atoms. The molecule has 9 heteroatoms. The standard InChI is InChI=1S/C21H23FN4O3S/c1-11-16(19(28)24-14-6-7-15(22)13(8-14)9-23)12(2)26(5)17(11)18(30)20(29)25-21(3,4)10-27/h6-8,27H,10H2,1-5H3,(H,24,28)(H,25,29). The van der Waals surface area contributed by atoms with Gasteiger partial charge < -0.3 is 20.3 Å². The van der Waals surface area contributed by atoms with Gasteiger partial charge in [-0.3, -0.25) is 9.59 Å². The molecule has 0 unspecified atom stereocenters. The summed E-state index contributed by atoms with van der Waals surface area (Å²) in [7, 11) is 1.69. The van der Waals surface area contributed by atoms with Crippen molar-refractivity contribution in [3.63, 3.8) is 0 Å². The summed E-state index contributed by atoms with van der Waals surface area (Å²) < 4.78 is 15.2. The number of thiocarbonyl (C=S) groups is 1. The van der Waals surface area contributed by atoms with E-state index in [1.165, 1.54) is 12.1 Å². The summed E-state index contributed by atoms with van der Waals surface area (Å²) >= 11 is 5.35. The highest BCUT2D eigenvalue weighted by molar-refractivity contribution is 7.82. The predicted molar refractivity (Wildman–Crippen MR) is 115 cm³/mol. The summed E-state index contributed by atoms with van der Waals surface area (Å²) in [6.45, 7) is 6.46. The Morgan fingerprint density at radius 3 is 2.53 bits per heavy atom. The third kappa shape index (κ3) is 4.56. The normalized spacial score (nSPS) is 11.0. The minimum Gasteiger partial charge on any atom is -0.394 e. The van der Waals surface area contributed by atoms with E-state index in [0.717, 1.165) is 6.07 Å². The Labute approximate surface area is 179 Å². The second-order valence-corrected chi connectivity index (χ2v) is 7.99. The maximum Gasteiger partial charge on any atom is 0.264 e. The number of amides is 2. The number of aliphatic hydroxyl groups is 1. The maximum atomic E-state index is 13.5. The molecule has 0 atom stereocenters. The molecular weight excluding hydrogens is 407 g/mol. The Balaban J connectivity index is 2.38. The molecular formula is C21H23FN4O3S. The highest BCUT2D eigenvalue weighted by atomic mass is 32.1. The van der Waals surface area contributed by atoms with Crippen LogP contribution in [-0.2, 0) is 11.8 Å². The second-order valence-electron chi connectivity index (χ2n) is 7.58. The number of halogens is 1. The van der Waals surface area contributed by atoms with Crippen LogP contribution in [0.15, 0.2) is 18.2 Å². The van der Waals surface area contributed by atoms with Crippen LogP contribution in [0.5, 0.6) is 0 Å². The largest absolute Gasteiger partial charge is 0.394 e. The molecule has 7 nitrogen and oxygen atoms in total. The molecule has 0 radical (unpaired) electrons. The van der Waals surface area contributed by atoms with Crippen molar-refractivity contribution in [3.05, 3.63) is 52.1 Å². The fraction of sp³-hybridized carbons (Fsp3) is 0.333. The van der Waals surface area contributed by atoms with E-state index in [2.05, 4.69) is 10.6 Å². The van der Waals surface area contributed by atoms with E-state index in [0.29, 0.717) is 22.5 Å². The Morgan fingerprint density at radius 1 is 1.33 bits per heavy atom. The molecule has 2 amide bonds. The number of benzene rings is 1. The zero-order valence-corrected chi connectivity index (χ0v) is 18.2. The molecule has 2 rings (SSSR count). The topological polar surface area (TPSA) is 107 Å². The number of hydrogen-bond acceptors (Lipinski definition) is 5. The van der Waals surface area contributed by atoms with Gasteiger partial charge in [0.15, 0.2) is 0 Å². The number of nitrogens with zero attached hydrogens (tertiary/aromatic N) is 2. The van der Waals surface area contributed by atoms with Crippen LogP contribution in [0.25, 0.3) is 0 Å². The van der Waals surface area contributed by atoms with Crippen LogP contribution in [0.1, 0.15) is 46.7 Å². The predicted octanol–water partition coefficient (Wildman–Crippen LogP) is 2.51. The lowest BCUT2D eigenvalue weighted by Gasteiger charge is -2.23. The van der Waals surface area contributed by atoms with Crippen molar-refractivity contribution in [1.82, 2.24) is 9.88 Å². The van der Waals surface area contributed by atoms with E-state index in [9.17, 15) is 19.1 Å². The highest BCUT2D eigenvalue weighted by Crippen LogP contribution is 2.24. The van der Waals surface area contributed by atoms with Gasteiger partial charge in [-0.15, -0.1) is 0 Å². The minimum absolute atomic E-state index is 0.00720. The first-order valence-electron chi connectivity index (χ1n) is 9.08. The van der Waals surface area contributed by atoms with Crippen molar-refractivity contribution >= 4 is 34.6 Å². The summed E-state index contributed by atoms with van der Waals surface area (Å²) in [5.41, 5.74) is 1.07. The molecule has 0 saturated carbocycles. The summed E-state index contributed by atoms with van der Waals surface area (Å²) in [5.74, 6) is -1.68. The quantitative estimate of drug-likeness (QED) is 0.482. The molecule has 2 aromatic rings. The first-order valence-corrected chi connectivity index (χ1v) is 9.49. The van der Waals surface area contributed by atoms with E-state index in [4.69, 9.17) is 17.5 Å². The Kier molecular flexibility index (Phi) is 6.75. The Morgan fingerprint density at radius 2 is 1.97 bits per heavy atom. The lowest BCUT2D eigenvalue weighted by Crippen LogP contribution is -2.49. The smallest absolute Gasteiger partial charge is 0.264 e. The molecule has 3 N–H and O–H groups in total. The van der Waals surface area contributed by atoms with Crippen molar-refractivity contribution < 1.29 is 19.1 Å². The zero-order chi connectivity index (χ0) is 22.8. The summed E-state index contributed by atoms with van der Waals surface area (Å²) in [6, 6.07) is 5.44. The average Bonchev–Trinajstić information content (AvgIpc) is 2.91. The molecule has 0 aliphatic rings. The summed E-state index contributed by atoms with van der Waals surface area (Å²) in [6.07, 6.45) is 0. The van der Waals surface area contributed by atoms with Gasteiger partial charge in [0.05, 0.1) is 29.0 Å². The van der Waals surface area contributed by atoms with Gasteiger partial charge in [0.25, 0.3) is 11.8 Å². The molecule has 30 heavy (non-hydrogen) atoms. The third-order valence-corrected chi connectivity index (χ3v) is 5.15. The van der Waals surface area contributed by atoms with Crippen LogP contribution < -0.4 is 10.6 Å². The van der Waals surface area contributed by atoms with Gasteiger partial charge in [-0.2, -0.15) is 5.26 Å². The number of rotatable bonds is 6. The van der Waals surface area contributed by atoms with Gasteiger partial charge in [-0.1, -0.05) is 12.2 Å². The number of aliphatic hydroxyl groups excluding tert-OH is 1. The van der Waals surface area contributed by atoms with Gasteiger partial charge in [-0.05, 0) is 51.5 Å². The van der Waals surface area contributed by atoms with Crippen molar-refractivity contribution in [2.45, 2.75) is 33.2 Å². The molecule has 1 aromatic carbocycles. The Bertz CT molecular complexity index is 1080. The maximum absolute atomic E-state index is 13.5. The van der Waals surface area contributed by atoms with Gasteiger partial charge in [0.1, 0.15) is 16.8 Å². The second kappa shape index (κ2) is 8.73. The van der Waals surface area contributed by atoms with Crippen LogP contribution in [0.4, 0.5) is 10.1 Å². The molecule has 0 aliphatic heterocycles. The van der Waals surface area contributed by atoms with Crippen molar-refractivity contribution in [3.8, 4) is 6.07 Å². The van der Waals surface area contributed by atoms with Crippen LogP contribution >= 0.6 is 12.2 Å². The third-order valence-electron chi connectivity index (χ3n) is 4.77. The van der Waals surface area contributed by atoms with Gasteiger partial charge in [0.2, 0.25) is 0 Å². The molecule has 0 fully saturated rings. The van der Waals surface area contributed by atoms with Gasteiger partial charge in [0, 0.05) is 18.4 Å². The molecule has 0 aliphatic carbocycles. The molecule has 1 aromatic heterocycles. The van der Waals surface area contributed by atoms with E-state index in [-0.39, 0.29) is 22.7 Å². The van der Waals surface area contributed by atoms with Crippen LogP contribution in [0, 0.1) is 31.0 Å². The van der Waals surface area contributed by atoms with Gasteiger partial charge >= 0.3 is 0 Å². The summed E-state index contributed by atoms with van der Waals surface area (Å²) in [4.78, 5) is 25.5. The number of nitriles is 1. The van der Waals surface area contributed by atoms with Gasteiger partial charge in [-0.25, -0.2) is 4.39 Å². The van der Waals surface area contributed by atoms with Crippen molar-refractivity contribution in [1.29, 1.82) is 5.26 Å². The zero-order valence-electron chi connectivity index (χ0n) is 17.4. The Hall–Kier alpha value is -3.09. The van der Waals surface area contributed by atoms with Crippen LogP contribution in [0.3, 0.4) is 0 Å². The lowest BCUT2D eigenvalue weighted by atomic mass is 10.0. The lowest BCUT2D eigenvalue weighted by molar-refractivity contribution is -0.116. The summed E-state index contributed by atoms with van der Waals surface area (Å²) in [5, 5.41) is 23.6. The number of carbonyl (C=O) groups excluding carboxylic acids is 2. The first kappa shape index (κ1) is 23.2. The first-order chi connectivity index (χ1) is 13.9. The van der Waals surface area contributed by atoms with E-state index in [1.54, 1.807) is 45.4 Å². The van der Waals surface area contributed by atoms with E-state index in [1.807, 2.05) is 0 Å². The van der Waals surface area contributed by atoms with E-state index < -0.39 is 23.2 Å². The fourth-order valence-electron chi connectivity index (χ4n) is 3.03. The molecule has 0 saturated heterocycles. The molecule has 0 bridgehead atoms. The van der Waals surface area contributed by atoms with E-state index >= 15 is 0 Å². The number of hydrogen-bond donors (Lipinski definition) is 3. The number of anilines is 1. The van der Waals surface area contributed by atoms with Crippen molar-refractivity contribution in [2.75, 3.05) is 11.9 Å². The SMILES string of the molecule is Cc1c(C(=O)Nc2ccc(F)c(C#N)c2)c(C)n(C)c1C(=S)C(=O)NC(C)(C)CO. The number of aromatic nitrogens is 1. The number of nitrogens with one attached hydrogen (secondary N) is 2. The molecule has 1 heterocycles. The highest BCUT2D eigenvalue weighted by Gasteiger charge is 2.28.